The molecular formula is C64H43NO. The smallest absolute Gasteiger partial charge is 0.136 e. The molecule has 310 valence electrons. The van der Waals surface area contributed by atoms with Crippen LogP contribution in [0.3, 0.4) is 0 Å². The highest BCUT2D eigenvalue weighted by Gasteiger charge is 2.50. The average Bonchev–Trinajstić information content (AvgIpc) is 3.95. The summed E-state index contributed by atoms with van der Waals surface area (Å²) in [6, 6.07) is 83.5. The summed E-state index contributed by atoms with van der Waals surface area (Å²) in [6.07, 6.45) is 0. The van der Waals surface area contributed by atoms with Crippen LogP contribution in [0.15, 0.2) is 229 Å². The first-order chi connectivity index (χ1) is 32.5. The summed E-state index contributed by atoms with van der Waals surface area (Å²) in [4.78, 5) is 2.47. The van der Waals surface area contributed by atoms with Crippen molar-refractivity contribution in [2.24, 2.45) is 0 Å². The normalized spacial score (nSPS) is 15.6. The second kappa shape index (κ2) is 13.7. The number of anilines is 3. The topological polar surface area (TPSA) is 16.4 Å². The third-order valence-corrected chi connectivity index (χ3v) is 15.1. The van der Waals surface area contributed by atoms with Gasteiger partial charge < -0.3 is 9.32 Å². The number of hydrogen-bond donors (Lipinski definition) is 0. The van der Waals surface area contributed by atoms with Gasteiger partial charge in [0.05, 0.1) is 5.41 Å². The van der Waals surface area contributed by atoms with Crippen molar-refractivity contribution >= 4 is 39.0 Å². The van der Waals surface area contributed by atoms with E-state index in [1.807, 2.05) is 0 Å². The van der Waals surface area contributed by atoms with Crippen molar-refractivity contribution in [3.8, 4) is 55.6 Å². The predicted octanol–water partition coefficient (Wildman–Crippen LogP) is 17.0. The molecule has 0 fully saturated rings. The maximum Gasteiger partial charge on any atom is 0.136 e. The van der Waals surface area contributed by atoms with Gasteiger partial charge in [-0.15, -0.1) is 0 Å². The van der Waals surface area contributed by atoms with E-state index in [0.29, 0.717) is 0 Å². The van der Waals surface area contributed by atoms with Gasteiger partial charge in [-0.05, 0) is 138 Å². The maximum atomic E-state index is 6.59. The van der Waals surface area contributed by atoms with Gasteiger partial charge in [0.1, 0.15) is 11.2 Å². The Hall–Kier alpha value is -8.20. The van der Waals surface area contributed by atoms with Crippen LogP contribution in [0, 0.1) is 0 Å². The number of rotatable bonds is 4. The third kappa shape index (κ3) is 4.96. The number of benzene rings is 10. The zero-order valence-electron chi connectivity index (χ0n) is 36.7. The molecule has 0 aliphatic heterocycles. The minimum absolute atomic E-state index is 0.148. The first-order valence-corrected chi connectivity index (χ1v) is 23.1. The molecule has 2 heteroatoms. The summed E-state index contributed by atoms with van der Waals surface area (Å²) in [6.45, 7) is 4.74. The molecule has 3 aliphatic carbocycles. The van der Waals surface area contributed by atoms with E-state index in [1.165, 1.54) is 94.4 Å². The molecule has 0 bridgehead atoms. The van der Waals surface area contributed by atoms with Crippen molar-refractivity contribution in [2.45, 2.75) is 24.7 Å². The number of para-hydroxylation sites is 1. The standard InChI is InChI=1S/C64H43NO/c1-63(2)53-24-12-8-21-48(53)49-34-32-44(39-58(49)63)65(42-30-28-41(29-31-42)40-16-4-3-5-17-40)43-33-35-56-52(38-43)46-19-7-6-18-45(46)47-20-9-13-25-54(47)64(56)55-26-14-10-22-50(55)61-57(64)36-37-60-62(61)51-23-11-15-27-59(51)66-60/h3-39H,1-2H3. The summed E-state index contributed by atoms with van der Waals surface area (Å²) >= 11 is 0. The van der Waals surface area contributed by atoms with Gasteiger partial charge in [-0.3, -0.25) is 0 Å². The van der Waals surface area contributed by atoms with E-state index in [0.717, 1.165) is 33.6 Å². The molecular weight excluding hydrogens is 799 g/mol. The lowest BCUT2D eigenvalue weighted by atomic mass is 9.66. The van der Waals surface area contributed by atoms with E-state index in [4.69, 9.17) is 4.42 Å². The Labute approximate surface area is 384 Å². The molecule has 1 spiro atoms. The SMILES string of the molecule is CC1(C)c2ccccc2-c2ccc(N(c3ccc(-c4ccccc4)cc3)c3ccc4c(c3)-c3ccccc3-c3ccccc3C43c4ccccc4-c4c3ccc3oc5ccccc5c43)cc21. The van der Waals surface area contributed by atoms with Crippen LogP contribution in [0.4, 0.5) is 17.1 Å². The first-order valence-electron chi connectivity index (χ1n) is 23.1. The van der Waals surface area contributed by atoms with Gasteiger partial charge in [0.15, 0.2) is 0 Å². The van der Waals surface area contributed by atoms with Gasteiger partial charge in [-0.1, -0.05) is 190 Å². The van der Waals surface area contributed by atoms with Crippen molar-refractivity contribution in [2.75, 3.05) is 4.90 Å². The highest BCUT2D eigenvalue weighted by atomic mass is 16.3. The van der Waals surface area contributed by atoms with Crippen molar-refractivity contribution in [1.29, 1.82) is 0 Å². The van der Waals surface area contributed by atoms with Gasteiger partial charge in [-0.2, -0.15) is 0 Å². The van der Waals surface area contributed by atoms with Crippen LogP contribution in [0.2, 0.25) is 0 Å². The van der Waals surface area contributed by atoms with Crippen LogP contribution in [0.1, 0.15) is 47.2 Å². The van der Waals surface area contributed by atoms with Gasteiger partial charge in [0.25, 0.3) is 0 Å². The Morgan fingerprint density at radius 1 is 0.333 bits per heavy atom. The number of furan rings is 1. The Morgan fingerprint density at radius 2 is 0.848 bits per heavy atom. The highest BCUT2D eigenvalue weighted by Crippen LogP contribution is 2.63. The van der Waals surface area contributed by atoms with E-state index < -0.39 is 5.41 Å². The number of hydrogen-bond acceptors (Lipinski definition) is 2. The number of nitrogens with zero attached hydrogens (tertiary/aromatic N) is 1. The van der Waals surface area contributed by atoms with Gasteiger partial charge in [0.2, 0.25) is 0 Å². The highest BCUT2D eigenvalue weighted by molar-refractivity contribution is 6.16. The fourth-order valence-corrected chi connectivity index (χ4v) is 12.2. The fourth-order valence-electron chi connectivity index (χ4n) is 12.2. The molecule has 0 saturated carbocycles. The molecule has 1 aromatic heterocycles. The summed E-state index contributed by atoms with van der Waals surface area (Å²) in [7, 11) is 0. The summed E-state index contributed by atoms with van der Waals surface area (Å²) < 4.78 is 6.59. The molecule has 0 N–H and O–H groups in total. The molecule has 0 radical (unpaired) electrons. The first kappa shape index (κ1) is 37.2. The lowest BCUT2D eigenvalue weighted by molar-refractivity contribution is 0.660. The van der Waals surface area contributed by atoms with Crippen LogP contribution in [-0.4, -0.2) is 0 Å². The largest absolute Gasteiger partial charge is 0.456 e. The fraction of sp³-hybridized carbons (Fsp3) is 0.0625. The van der Waals surface area contributed by atoms with Crippen molar-refractivity contribution in [1.82, 2.24) is 0 Å². The van der Waals surface area contributed by atoms with Crippen LogP contribution < -0.4 is 4.90 Å². The maximum absolute atomic E-state index is 6.59. The van der Waals surface area contributed by atoms with E-state index in [-0.39, 0.29) is 5.41 Å². The van der Waals surface area contributed by atoms with E-state index in [9.17, 15) is 0 Å². The van der Waals surface area contributed by atoms with E-state index >= 15 is 0 Å². The Morgan fingerprint density at radius 3 is 1.62 bits per heavy atom. The van der Waals surface area contributed by atoms with Crippen LogP contribution >= 0.6 is 0 Å². The zero-order chi connectivity index (χ0) is 43.7. The monoisotopic (exact) mass is 841 g/mol. The average molecular weight is 842 g/mol. The van der Waals surface area contributed by atoms with Crippen LogP contribution in [0.5, 0.6) is 0 Å². The van der Waals surface area contributed by atoms with Gasteiger partial charge in [0, 0.05) is 33.2 Å². The van der Waals surface area contributed by atoms with Crippen LogP contribution in [-0.2, 0) is 10.8 Å². The van der Waals surface area contributed by atoms with Crippen molar-refractivity contribution in [3.05, 3.63) is 258 Å². The molecule has 1 atom stereocenters. The summed E-state index contributed by atoms with van der Waals surface area (Å²) in [5.41, 5.74) is 24.7. The predicted molar refractivity (Wildman–Crippen MR) is 273 cm³/mol. The Kier molecular flexibility index (Phi) is 7.70. The van der Waals surface area contributed by atoms with Gasteiger partial charge >= 0.3 is 0 Å². The molecule has 3 aliphatic rings. The second-order valence-electron chi connectivity index (χ2n) is 18.7. The van der Waals surface area contributed by atoms with Gasteiger partial charge in [-0.25, -0.2) is 0 Å². The number of fused-ring (bicyclic) bond motifs is 19. The minimum atomic E-state index is -0.631. The summed E-state index contributed by atoms with van der Waals surface area (Å²) in [5.74, 6) is 0. The molecule has 11 aromatic rings. The minimum Gasteiger partial charge on any atom is -0.456 e. The van der Waals surface area contributed by atoms with E-state index in [2.05, 4.69) is 243 Å². The van der Waals surface area contributed by atoms with Crippen molar-refractivity contribution in [3.63, 3.8) is 0 Å². The van der Waals surface area contributed by atoms with Crippen LogP contribution in [0.25, 0.3) is 77.6 Å². The molecule has 1 heterocycles. The molecule has 66 heavy (non-hydrogen) atoms. The Bertz CT molecular complexity index is 3800. The molecule has 2 nitrogen and oxygen atoms in total. The Balaban J connectivity index is 1.06. The third-order valence-electron chi connectivity index (χ3n) is 15.1. The molecule has 0 saturated heterocycles. The zero-order valence-corrected chi connectivity index (χ0v) is 36.7. The quantitative estimate of drug-likeness (QED) is 0.176. The lowest BCUT2D eigenvalue weighted by Crippen LogP contribution is -2.29. The molecule has 1 unspecified atom stereocenters. The molecule has 14 rings (SSSR count). The lowest BCUT2D eigenvalue weighted by Gasteiger charge is -2.36. The summed E-state index contributed by atoms with van der Waals surface area (Å²) in [5, 5.41) is 2.32. The molecule has 0 amide bonds. The van der Waals surface area contributed by atoms with Crippen molar-refractivity contribution < 1.29 is 4.42 Å². The molecule has 10 aromatic carbocycles. The second-order valence-corrected chi connectivity index (χ2v) is 18.7. The van der Waals surface area contributed by atoms with E-state index in [1.54, 1.807) is 0 Å².